The van der Waals surface area contributed by atoms with Crippen LogP contribution in [-0.4, -0.2) is 36.8 Å². The zero-order chi connectivity index (χ0) is 20.3. The number of nitrogens with one attached hydrogen (secondary N) is 1. The lowest BCUT2D eigenvalue weighted by Gasteiger charge is -2.24. The van der Waals surface area contributed by atoms with Crippen molar-refractivity contribution in [3.8, 4) is 0 Å². The van der Waals surface area contributed by atoms with Crippen molar-refractivity contribution in [2.45, 2.75) is 45.3 Å². The highest BCUT2D eigenvalue weighted by Crippen LogP contribution is 2.34. The average Bonchev–Trinajstić information content (AvgIpc) is 2.51. The van der Waals surface area contributed by atoms with Crippen molar-refractivity contribution in [2.24, 2.45) is 0 Å². The maximum Gasteiger partial charge on any atom is 0.408 e. The number of carbonyl (C=O) groups is 2. The van der Waals surface area contributed by atoms with Gasteiger partial charge in [-0.15, -0.1) is 0 Å². The van der Waals surface area contributed by atoms with Gasteiger partial charge in [0.05, 0.1) is 18.7 Å². The zero-order valence-electron chi connectivity index (χ0n) is 15.5. The summed E-state index contributed by atoms with van der Waals surface area (Å²) in [5.41, 5.74) is -2.09. The molecule has 1 aromatic rings. The van der Waals surface area contributed by atoms with Gasteiger partial charge in [-0.1, -0.05) is 12.1 Å². The highest BCUT2D eigenvalue weighted by molar-refractivity contribution is 5.84. The Morgan fingerprint density at radius 3 is 2.31 bits per heavy atom. The lowest BCUT2D eigenvalue weighted by atomic mass is 9.99. The minimum absolute atomic E-state index is 0.207. The van der Waals surface area contributed by atoms with E-state index in [-0.39, 0.29) is 5.56 Å². The van der Waals surface area contributed by atoms with E-state index in [0.717, 1.165) is 20.2 Å². The van der Waals surface area contributed by atoms with E-state index in [1.165, 1.54) is 19.1 Å². The van der Waals surface area contributed by atoms with Crippen LogP contribution in [-0.2, 0) is 20.3 Å². The van der Waals surface area contributed by atoms with Gasteiger partial charge in [0.25, 0.3) is 0 Å². The number of carbonyl (C=O) groups excluding carboxylic acids is 2. The number of hydrogen-bond donors (Lipinski definition) is 1. The fraction of sp³-hybridized carbons (Fsp3) is 0.529. The maximum absolute atomic E-state index is 14.7. The number of benzene rings is 1. The van der Waals surface area contributed by atoms with Crippen LogP contribution in [0.4, 0.5) is 18.0 Å². The number of alkyl carbamates (subject to hydrolysis) is 1. The number of alkyl halides is 2. The number of likely N-dealkylation sites (N-methyl/N-ethyl adjacent to an activating group) is 1. The first-order valence-corrected chi connectivity index (χ1v) is 7.79. The Labute approximate surface area is 150 Å². The molecule has 0 aliphatic rings. The first-order chi connectivity index (χ1) is 11.8. The molecule has 6 nitrogen and oxygen atoms in total. The number of hydroxylamine groups is 2. The number of rotatable bonds is 5. The Morgan fingerprint density at radius 2 is 1.81 bits per heavy atom. The summed E-state index contributed by atoms with van der Waals surface area (Å²) in [7, 11) is 2.03. The van der Waals surface area contributed by atoms with E-state index in [1.807, 2.05) is 0 Å². The minimum atomic E-state index is -4.14. The largest absolute Gasteiger partial charge is 0.444 e. The molecule has 0 spiro atoms. The summed E-state index contributed by atoms with van der Waals surface area (Å²) >= 11 is 0. The fourth-order valence-corrected chi connectivity index (χ4v) is 2.08. The van der Waals surface area contributed by atoms with E-state index in [2.05, 4.69) is 10.2 Å². The maximum atomic E-state index is 14.7. The van der Waals surface area contributed by atoms with Crippen LogP contribution < -0.4 is 5.32 Å². The summed E-state index contributed by atoms with van der Waals surface area (Å²) in [5, 5.41) is 2.68. The monoisotopic (exact) mass is 376 g/mol. The predicted molar refractivity (Wildman–Crippen MR) is 87.9 cm³/mol. The quantitative estimate of drug-likeness (QED) is 0.799. The summed E-state index contributed by atoms with van der Waals surface area (Å²) in [6, 6.07) is 2.26. The molecule has 1 rings (SSSR count). The fourth-order valence-electron chi connectivity index (χ4n) is 2.08. The molecule has 26 heavy (non-hydrogen) atoms. The molecule has 0 bridgehead atoms. The Morgan fingerprint density at radius 1 is 1.23 bits per heavy atom. The Bertz CT molecular complexity index is 674. The second kappa shape index (κ2) is 7.94. The van der Waals surface area contributed by atoms with Gasteiger partial charge >= 0.3 is 17.9 Å². The summed E-state index contributed by atoms with van der Waals surface area (Å²) in [6.07, 6.45) is -0.822. The summed E-state index contributed by atoms with van der Waals surface area (Å²) in [4.78, 5) is 28.0. The molecule has 1 atom stereocenters. The van der Waals surface area contributed by atoms with Crippen LogP contribution in [0.2, 0.25) is 0 Å². The number of ether oxygens (including phenoxy) is 1. The number of halogens is 3. The Hall–Kier alpha value is -2.29. The van der Waals surface area contributed by atoms with Gasteiger partial charge < -0.3 is 10.1 Å². The number of nitrogens with zero attached hydrogens (tertiary/aromatic N) is 1. The predicted octanol–water partition coefficient (Wildman–Crippen LogP) is 3.52. The van der Waals surface area contributed by atoms with Crippen LogP contribution in [0.3, 0.4) is 0 Å². The van der Waals surface area contributed by atoms with Crippen molar-refractivity contribution in [2.75, 3.05) is 14.2 Å². The highest BCUT2D eigenvalue weighted by atomic mass is 19.3. The second-order valence-electron chi connectivity index (χ2n) is 6.64. The molecule has 0 heterocycles. The Balaban J connectivity index is 3.13. The first-order valence-electron chi connectivity index (χ1n) is 7.79. The molecule has 1 aromatic carbocycles. The van der Waals surface area contributed by atoms with Crippen molar-refractivity contribution in [3.05, 3.63) is 35.1 Å². The van der Waals surface area contributed by atoms with Gasteiger partial charge in [0.15, 0.2) is 0 Å². The molecule has 1 N–H and O–H groups in total. The van der Waals surface area contributed by atoms with E-state index in [4.69, 9.17) is 4.74 Å². The summed E-state index contributed by atoms with van der Waals surface area (Å²) in [6.45, 7) is 6.36. The molecule has 1 unspecified atom stereocenters. The molecular weight excluding hydrogens is 353 g/mol. The molecule has 0 saturated heterocycles. The third-order valence-electron chi connectivity index (χ3n) is 3.40. The lowest BCUT2D eigenvalue weighted by molar-refractivity contribution is -0.196. The molecule has 0 fully saturated rings. The van der Waals surface area contributed by atoms with Crippen LogP contribution in [0, 0.1) is 5.82 Å². The van der Waals surface area contributed by atoms with E-state index < -0.39 is 40.9 Å². The minimum Gasteiger partial charge on any atom is -0.444 e. The molecule has 146 valence electrons. The third-order valence-corrected chi connectivity index (χ3v) is 3.40. The molecule has 0 radical (unpaired) electrons. The van der Waals surface area contributed by atoms with Crippen LogP contribution in [0.1, 0.15) is 44.9 Å². The molecule has 2 amide bonds. The summed E-state index contributed by atoms with van der Waals surface area (Å²) < 4.78 is 48.4. The van der Waals surface area contributed by atoms with Gasteiger partial charge in [-0.3, -0.25) is 9.63 Å². The molecule has 0 aliphatic carbocycles. The molecule has 0 saturated carbocycles. The average molecular weight is 376 g/mol. The third kappa shape index (κ3) is 5.10. The molecular formula is C17H23F3N2O4. The van der Waals surface area contributed by atoms with Crippen molar-refractivity contribution < 1.29 is 32.3 Å². The van der Waals surface area contributed by atoms with E-state index in [9.17, 15) is 22.8 Å². The van der Waals surface area contributed by atoms with Crippen LogP contribution >= 0.6 is 0 Å². The smallest absolute Gasteiger partial charge is 0.408 e. The van der Waals surface area contributed by atoms with Crippen LogP contribution in [0.15, 0.2) is 18.2 Å². The van der Waals surface area contributed by atoms with Gasteiger partial charge in [0.1, 0.15) is 11.4 Å². The SMILES string of the molecule is CON(C)C(=O)C(F)(F)c1cccc(C(C)NC(=O)OC(C)(C)C)c1F. The van der Waals surface area contributed by atoms with Crippen molar-refractivity contribution in [1.29, 1.82) is 0 Å². The standard InChI is InChI=1S/C17H23F3N2O4/c1-10(21-15(24)26-16(2,3)4)11-8-7-9-12(13(11)18)17(19,20)14(23)22(5)25-6/h7-10H,1-6H3,(H,21,24). The summed E-state index contributed by atoms with van der Waals surface area (Å²) in [5.74, 6) is -7.15. The second-order valence-corrected chi connectivity index (χ2v) is 6.64. The van der Waals surface area contributed by atoms with Crippen molar-refractivity contribution >= 4 is 12.0 Å². The van der Waals surface area contributed by atoms with Crippen molar-refractivity contribution in [3.63, 3.8) is 0 Å². The van der Waals surface area contributed by atoms with E-state index in [0.29, 0.717) is 5.06 Å². The van der Waals surface area contributed by atoms with Gasteiger partial charge in [0, 0.05) is 12.6 Å². The lowest BCUT2D eigenvalue weighted by Crippen LogP contribution is -2.40. The van der Waals surface area contributed by atoms with E-state index >= 15 is 0 Å². The van der Waals surface area contributed by atoms with Crippen molar-refractivity contribution in [1.82, 2.24) is 10.4 Å². The molecule has 0 aromatic heterocycles. The molecule has 9 heteroatoms. The van der Waals surface area contributed by atoms with Crippen LogP contribution in [0.5, 0.6) is 0 Å². The van der Waals surface area contributed by atoms with E-state index in [1.54, 1.807) is 20.8 Å². The van der Waals surface area contributed by atoms with Gasteiger partial charge in [-0.25, -0.2) is 14.2 Å². The molecule has 0 aliphatic heterocycles. The number of amides is 2. The topological polar surface area (TPSA) is 67.9 Å². The highest BCUT2D eigenvalue weighted by Gasteiger charge is 2.46. The van der Waals surface area contributed by atoms with Crippen LogP contribution in [0.25, 0.3) is 0 Å². The zero-order valence-corrected chi connectivity index (χ0v) is 15.5. The van der Waals surface area contributed by atoms with Gasteiger partial charge in [0.2, 0.25) is 0 Å². The van der Waals surface area contributed by atoms with Gasteiger partial charge in [-0.2, -0.15) is 8.78 Å². The Kier molecular flexibility index (Phi) is 6.65. The number of hydrogen-bond acceptors (Lipinski definition) is 4. The van der Waals surface area contributed by atoms with Gasteiger partial charge in [-0.05, 0) is 33.8 Å². The normalized spacial score (nSPS) is 13.1. The first kappa shape index (κ1) is 21.8.